The molecule has 0 aromatic heterocycles. The van der Waals surface area contributed by atoms with Crippen LogP contribution in [0.15, 0.2) is 53.6 Å². The molecule has 5 nitrogen and oxygen atoms in total. The summed E-state index contributed by atoms with van der Waals surface area (Å²) in [6.07, 6.45) is 4.30. The summed E-state index contributed by atoms with van der Waals surface area (Å²) in [5, 5.41) is 7.20. The Bertz CT molecular complexity index is 844. The Morgan fingerprint density at radius 2 is 1.62 bits per heavy atom. The number of carbonyl (C=O) groups excluding carboxylic acids is 2. The Balaban J connectivity index is 1.87. The van der Waals surface area contributed by atoms with E-state index in [1.807, 2.05) is 62.4 Å². The third-order valence-electron chi connectivity index (χ3n) is 4.67. The minimum Gasteiger partial charge on any atom is -0.326 e. The van der Waals surface area contributed by atoms with E-state index in [9.17, 15) is 9.59 Å². The Kier molecular flexibility index (Phi) is 9.09. The topological polar surface area (TPSA) is 70.6 Å². The molecule has 2 amide bonds. The molecular formula is C24H31N3O2. The van der Waals surface area contributed by atoms with Gasteiger partial charge in [-0.05, 0) is 43.9 Å². The van der Waals surface area contributed by atoms with Gasteiger partial charge in [-0.1, -0.05) is 67.8 Å². The van der Waals surface area contributed by atoms with Gasteiger partial charge in [0.25, 0.3) is 0 Å². The molecule has 0 heterocycles. The summed E-state index contributed by atoms with van der Waals surface area (Å²) in [6.45, 7) is 6.12. The maximum absolute atomic E-state index is 12.2. The van der Waals surface area contributed by atoms with E-state index in [2.05, 4.69) is 22.8 Å². The minimum atomic E-state index is -0.260. The number of carbonyl (C=O) groups is 2. The van der Waals surface area contributed by atoms with Crippen LogP contribution in [0, 0.1) is 13.8 Å². The van der Waals surface area contributed by atoms with Crippen molar-refractivity contribution in [2.24, 2.45) is 5.10 Å². The zero-order valence-electron chi connectivity index (χ0n) is 17.6. The molecule has 0 atom stereocenters. The molecule has 0 aliphatic carbocycles. The van der Waals surface area contributed by atoms with Crippen LogP contribution in [0.5, 0.6) is 0 Å². The number of hydrogen-bond acceptors (Lipinski definition) is 3. The number of aryl methyl sites for hydroxylation is 2. The molecule has 0 aliphatic heterocycles. The molecule has 0 fully saturated rings. The molecule has 2 rings (SSSR count). The summed E-state index contributed by atoms with van der Waals surface area (Å²) < 4.78 is 0. The van der Waals surface area contributed by atoms with E-state index >= 15 is 0 Å². The summed E-state index contributed by atoms with van der Waals surface area (Å²) in [7, 11) is 0. The van der Waals surface area contributed by atoms with Crippen molar-refractivity contribution in [1.29, 1.82) is 0 Å². The molecule has 0 unspecified atom stereocenters. The van der Waals surface area contributed by atoms with E-state index in [1.165, 1.54) is 0 Å². The molecule has 2 aromatic rings. The van der Waals surface area contributed by atoms with E-state index in [4.69, 9.17) is 0 Å². The predicted molar refractivity (Wildman–Crippen MR) is 119 cm³/mol. The van der Waals surface area contributed by atoms with Crippen molar-refractivity contribution in [3.63, 3.8) is 0 Å². The molecule has 0 bridgehead atoms. The van der Waals surface area contributed by atoms with Crippen molar-refractivity contribution in [3.05, 3.63) is 65.2 Å². The van der Waals surface area contributed by atoms with Crippen molar-refractivity contribution < 1.29 is 9.59 Å². The highest BCUT2D eigenvalue weighted by Gasteiger charge is 2.09. The summed E-state index contributed by atoms with van der Waals surface area (Å²) in [5.74, 6) is -0.438. The van der Waals surface area contributed by atoms with E-state index < -0.39 is 0 Å². The van der Waals surface area contributed by atoms with E-state index in [-0.39, 0.29) is 24.7 Å². The molecule has 0 radical (unpaired) electrons. The number of anilines is 1. The van der Waals surface area contributed by atoms with E-state index in [1.54, 1.807) is 0 Å². The Morgan fingerprint density at radius 1 is 0.897 bits per heavy atom. The number of benzene rings is 2. The number of nitrogens with zero attached hydrogens (tertiary/aromatic N) is 1. The van der Waals surface area contributed by atoms with Crippen molar-refractivity contribution in [1.82, 2.24) is 5.43 Å². The maximum Gasteiger partial charge on any atom is 0.240 e. The zero-order chi connectivity index (χ0) is 21.1. The first-order valence-electron chi connectivity index (χ1n) is 10.3. The van der Waals surface area contributed by atoms with Crippen LogP contribution in [0.25, 0.3) is 0 Å². The summed E-state index contributed by atoms with van der Waals surface area (Å²) >= 11 is 0. The molecule has 0 spiro atoms. The normalized spacial score (nSPS) is 11.2. The molecule has 5 heteroatoms. The Hall–Kier alpha value is -2.95. The van der Waals surface area contributed by atoms with Gasteiger partial charge in [-0.2, -0.15) is 5.10 Å². The highest BCUT2D eigenvalue weighted by atomic mass is 16.2. The first-order chi connectivity index (χ1) is 14.0. The fourth-order valence-corrected chi connectivity index (χ4v) is 3.02. The van der Waals surface area contributed by atoms with Crippen LogP contribution < -0.4 is 10.7 Å². The average molecular weight is 394 g/mol. The first-order valence-corrected chi connectivity index (χ1v) is 10.3. The average Bonchev–Trinajstić information content (AvgIpc) is 2.72. The van der Waals surface area contributed by atoms with Gasteiger partial charge in [0, 0.05) is 18.5 Å². The smallest absolute Gasteiger partial charge is 0.240 e. The first kappa shape index (κ1) is 22.3. The third kappa shape index (κ3) is 7.90. The fraction of sp³-hybridized carbons (Fsp3) is 0.375. The molecule has 29 heavy (non-hydrogen) atoms. The highest BCUT2D eigenvalue weighted by Crippen LogP contribution is 2.16. The van der Waals surface area contributed by atoms with Crippen molar-refractivity contribution >= 4 is 23.2 Å². The van der Waals surface area contributed by atoms with Crippen LogP contribution in [0.2, 0.25) is 0 Å². The van der Waals surface area contributed by atoms with Gasteiger partial charge in [-0.25, -0.2) is 5.43 Å². The van der Waals surface area contributed by atoms with Gasteiger partial charge in [-0.3, -0.25) is 9.59 Å². The van der Waals surface area contributed by atoms with E-state index in [0.29, 0.717) is 0 Å². The van der Waals surface area contributed by atoms with Gasteiger partial charge in [0.05, 0.1) is 5.71 Å². The molecular weight excluding hydrogens is 362 g/mol. The zero-order valence-corrected chi connectivity index (χ0v) is 17.6. The van der Waals surface area contributed by atoms with Crippen LogP contribution in [-0.4, -0.2) is 17.5 Å². The van der Waals surface area contributed by atoms with Gasteiger partial charge in [0.2, 0.25) is 11.8 Å². The third-order valence-corrected chi connectivity index (χ3v) is 4.67. The van der Waals surface area contributed by atoms with Crippen LogP contribution in [-0.2, 0) is 9.59 Å². The second kappa shape index (κ2) is 11.8. The number of hydrazone groups is 1. The quantitative estimate of drug-likeness (QED) is 0.334. The lowest BCUT2D eigenvalue weighted by Crippen LogP contribution is -2.22. The standard InChI is InChI=1S/C24H31N3O2/c1-4-5-7-12-22(20-10-8-6-9-11-20)26-27-24(29)16-15-23(28)25-21-14-13-18(2)17-19(21)3/h6,8-11,13-14,17H,4-5,7,12,15-16H2,1-3H3,(H,25,28)(H,27,29)/b26-22-. The van der Waals surface area contributed by atoms with E-state index in [0.717, 1.165) is 53.8 Å². The molecule has 0 saturated carbocycles. The number of hydrogen-bond donors (Lipinski definition) is 2. The largest absolute Gasteiger partial charge is 0.326 e. The lowest BCUT2D eigenvalue weighted by atomic mass is 10.0. The lowest BCUT2D eigenvalue weighted by Gasteiger charge is -2.09. The van der Waals surface area contributed by atoms with Gasteiger partial charge in [0.1, 0.15) is 0 Å². The molecule has 2 aromatic carbocycles. The summed E-state index contributed by atoms with van der Waals surface area (Å²) in [5.41, 5.74) is 7.42. The second-order valence-electron chi connectivity index (χ2n) is 7.28. The molecule has 154 valence electrons. The van der Waals surface area contributed by atoms with Crippen LogP contribution in [0.3, 0.4) is 0 Å². The Labute approximate surface area is 173 Å². The molecule has 0 saturated heterocycles. The second-order valence-corrected chi connectivity index (χ2v) is 7.28. The van der Waals surface area contributed by atoms with Crippen molar-refractivity contribution in [3.8, 4) is 0 Å². The monoisotopic (exact) mass is 393 g/mol. The van der Waals surface area contributed by atoms with Crippen LogP contribution in [0.1, 0.15) is 62.1 Å². The van der Waals surface area contributed by atoms with Crippen molar-refractivity contribution in [2.45, 2.75) is 59.3 Å². The number of unbranched alkanes of at least 4 members (excludes halogenated alkanes) is 2. The lowest BCUT2D eigenvalue weighted by molar-refractivity contribution is -0.124. The van der Waals surface area contributed by atoms with Crippen LogP contribution >= 0.6 is 0 Å². The minimum absolute atomic E-state index is 0.0945. The van der Waals surface area contributed by atoms with Gasteiger partial charge < -0.3 is 5.32 Å². The maximum atomic E-state index is 12.2. The fourth-order valence-electron chi connectivity index (χ4n) is 3.02. The van der Waals surface area contributed by atoms with Gasteiger partial charge >= 0.3 is 0 Å². The predicted octanol–water partition coefficient (Wildman–Crippen LogP) is 5.12. The van der Waals surface area contributed by atoms with Crippen LogP contribution in [0.4, 0.5) is 5.69 Å². The number of amides is 2. The number of rotatable bonds is 10. The van der Waals surface area contributed by atoms with Gasteiger partial charge in [-0.15, -0.1) is 0 Å². The Morgan fingerprint density at radius 3 is 2.31 bits per heavy atom. The summed E-state index contributed by atoms with van der Waals surface area (Å²) in [4.78, 5) is 24.3. The summed E-state index contributed by atoms with van der Waals surface area (Å²) in [6, 6.07) is 15.7. The molecule has 0 aliphatic rings. The number of nitrogens with one attached hydrogen (secondary N) is 2. The SMILES string of the molecule is CCCCC/C(=N/NC(=O)CCC(=O)Nc1ccc(C)cc1C)c1ccccc1. The van der Waals surface area contributed by atoms with Crippen molar-refractivity contribution in [2.75, 3.05) is 5.32 Å². The highest BCUT2D eigenvalue weighted by molar-refractivity contribution is 6.01. The van der Waals surface area contributed by atoms with Gasteiger partial charge in [0.15, 0.2) is 0 Å². The molecule has 2 N–H and O–H groups in total.